The molecule has 2 aliphatic rings. The standard InChI is InChI=1S/C23H33N3O2S/c1-6-19-15-29-22(24-18-9-7-8-16(2)14-18)26(19)20(27)17-10-12-25(13-11-17)21(28)23(3,4)5/h7-9,14,17,19H,6,10-13,15H2,1-5H3. The van der Waals surface area contributed by atoms with E-state index in [1.165, 1.54) is 0 Å². The zero-order valence-corrected chi connectivity index (χ0v) is 19.1. The molecule has 0 radical (unpaired) electrons. The van der Waals surface area contributed by atoms with Crippen molar-refractivity contribution in [1.82, 2.24) is 9.80 Å². The Bertz CT molecular complexity index is 792. The summed E-state index contributed by atoms with van der Waals surface area (Å²) >= 11 is 1.68. The minimum absolute atomic E-state index is 0.0329. The average molecular weight is 416 g/mol. The highest BCUT2D eigenvalue weighted by Crippen LogP contribution is 2.33. The van der Waals surface area contributed by atoms with E-state index in [1.807, 2.05) is 48.8 Å². The molecule has 1 atom stereocenters. The highest BCUT2D eigenvalue weighted by molar-refractivity contribution is 8.14. The van der Waals surface area contributed by atoms with Gasteiger partial charge < -0.3 is 4.90 Å². The number of aryl methyl sites for hydroxylation is 1. The summed E-state index contributed by atoms with van der Waals surface area (Å²) in [6.45, 7) is 11.4. The molecule has 2 amide bonds. The molecule has 0 saturated carbocycles. The lowest BCUT2D eigenvalue weighted by Crippen LogP contribution is -2.49. The monoisotopic (exact) mass is 415 g/mol. The van der Waals surface area contributed by atoms with E-state index in [2.05, 4.69) is 19.9 Å². The molecule has 0 N–H and O–H groups in total. The highest BCUT2D eigenvalue weighted by Gasteiger charge is 2.39. The maximum Gasteiger partial charge on any atom is 0.232 e. The van der Waals surface area contributed by atoms with E-state index in [0.29, 0.717) is 13.1 Å². The second kappa shape index (κ2) is 8.90. The first-order valence-corrected chi connectivity index (χ1v) is 11.6. The fourth-order valence-electron chi connectivity index (χ4n) is 3.94. The molecule has 0 bridgehead atoms. The van der Waals surface area contributed by atoms with Crippen molar-refractivity contribution in [2.75, 3.05) is 18.8 Å². The number of nitrogens with zero attached hydrogens (tertiary/aromatic N) is 3. The maximum absolute atomic E-state index is 13.4. The van der Waals surface area contributed by atoms with Crippen LogP contribution < -0.4 is 0 Å². The number of piperidine rings is 1. The predicted molar refractivity (Wildman–Crippen MR) is 120 cm³/mol. The van der Waals surface area contributed by atoms with Crippen molar-refractivity contribution in [3.05, 3.63) is 29.8 Å². The Morgan fingerprint density at radius 1 is 1.21 bits per heavy atom. The van der Waals surface area contributed by atoms with Crippen LogP contribution in [0.2, 0.25) is 0 Å². The zero-order valence-electron chi connectivity index (χ0n) is 18.3. The smallest absolute Gasteiger partial charge is 0.232 e. The Balaban J connectivity index is 1.73. The van der Waals surface area contributed by atoms with Crippen LogP contribution in [0, 0.1) is 18.3 Å². The van der Waals surface area contributed by atoms with Crippen LogP contribution in [0.5, 0.6) is 0 Å². The lowest BCUT2D eigenvalue weighted by molar-refractivity contribution is -0.144. The van der Waals surface area contributed by atoms with E-state index in [4.69, 9.17) is 4.99 Å². The first-order valence-electron chi connectivity index (χ1n) is 10.6. The van der Waals surface area contributed by atoms with E-state index < -0.39 is 0 Å². The third kappa shape index (κ3) is 5.03. The number of aliphatic imine (C=N–C) groups is 1. The Labute approximate surface area is 178 Å². The SMILES string of the molecule is CCC1CSC(=Nc2cccc(C)c2)N1C(=O)C1CCN(C(=O)C(C)(C)C)CC1. The van der Waals surface area contributed by atoms with Gasteiger partial charge in [-0.2, -0.15) is 0 Å². The number of carbonyl (C=O) groups is 2. The fraction of sp³-hybridized carbons (Fsp3) is 0.609. The quantitative estimate of drug-likeness (QED) is 0.724. The molecule has 1 aromatic carbocycles. The van der Waals surface area contributed by atoms with Gasteiger partial charge in [0.05, 0.1) is 5.69 Å². The van der Waals surface area contributed by atoms with Gasteiger partial charge in [-0.25, -0.2) is 4.99 Å². The molecule has 2 aliphatic heterocycles. The summed E-state index contributed by atoms with van der Waals surface area (Å²) in [5, 5.41) is 0.820. The number of amidine groups is 1. The van der Waals surface area contributed by atoms with Gasteiger partial charge in [0.25, 0.3) is 0 Å². The third-order valence-corrected chi connectivity index (χ3v) is 6.78. The molecule has 2 fully saturated rings. The van der Waals surface area contributed by atoms with E-state index in [9.17, 15) is 9.59 Å². The second-order valence-electron chi connectivity index (χ2n) is 9.13. The molecule has 6 heteroatoms. The molecular weight excluding hydrogens is 382 g/mol. The Morgan fingerprint density at radius 2 is 1.90 bits per heavy atom. The van der Waals surface area contributed by atoms with Crippen molar-refractivity contribution in [3.63, 3.8) is 0 Å². The van der Waals surface area contributed by atoms with Crippen molar-refractivity contribution in [3.8, 4) is 0 Å². The third-order valence-electron chi connectivity index (χ3n) is 5.68. The molecule has 5 nitrogen and oxygen atoms in total. The number of amides is 2. The topological polar surface area (TPSA) is 53.0 Å². The van der Waals surface area contributed by atoms with Gasteiger partial charge in [-0.3, -0.25) is 14.5 Å². The summed E-state index contributed by atoms with van der Waals surface area (Å²) in [6, 6.07) is 8.28. The van der Waals surface area contributed by atoms with E-state index in [0.717, 1.165) is 41.4 Å². The summed E-state index contributed by atoms with van der Waals surface area (Å²) in [5.74, 6) is 1.22. The van der Waals surface area contributed by atoms with Gasteiger partial charge in [0.15, 0.2) is 5.17 Å². The van der Waals surface area contributed by atoms with E-state index in [1.54, 1.807) is 11.8 Å². The number of hydrogen-bond donors (Lipinski definition) is 0. The number of hydrogen-bond acceptors (Lipinski definition) is 4. The van der Waals surface area contributed by atoms with Crippen LogP contribution in [-0.4, -0.2) is 51.7 Å². The summed E-state index contributed by atoms with van der Waals surface area (Å²) < 4.78 is 0. The van der Waals surface area contributed by atoms with Crippen LogP contribution in [-0.2, 0) is 9.59 Å². The molecule has 158 valence electrons. The van der Waals surface area contributed by atoms with E-state index >= 15 is 0 Å². The van der Waals surface area contributed by atoms with Crippen molar-refractivity contribution in [1.29, 1.82) is 0 Å². The number of carbonyl (C=O) groups excluding carboxylic acids is 2. The predicted octanol–water partition coefficient (Wildman–Crippen LogP) is 4.62. The second-order valence-corrected chi connectivity index (χ2v) is 10.1. The fourth-order valence-corrected chi connectivity index (χ4v) is 5.21. The summed E-state index contributed by atoms with van der Waals surface area (Å²) in [7, 11) is 0. The lowest BCUT2D eigenvalue weighted by atomic mass is 9.90. The molecular formula is C23H33N3O2S. The van der Waals surface area contributed by atoms with Gasteiger partial charge in [0, 0.05) is 36.2 Å². The minimum Gasteiger partial charge on any atom is -0.342 e. The maximum atomic E-state index is 13.4. The average Bonchev–Trinajstić information content (AvgIpc) is 3.08. The number of thioether (sulfide) groups is 1. The number of likely N-dealkylation sites (tertiary alicyclic amines) is 1. The Hall–Kier alpha value is -1.82. The van der Waals surface area contributed by atoms with Crippen LogP contribution >= 0.6 is 11.8 Å². The molecule has 2 saturated heterocycles. The lowest BCUT2D eigenvalue weighted by Gasteiger charge is -2.37. The van der Waals surface area contributed by atoms with E-state index in [-0.39, 0.29) is 29.2 Å². The van der Waals surface area contributed by atoms with Crippen LogP contribution in [0.3, 0.4) is 0 Å². The van der Waals surface area contributed by atoms with Crippen LogP contribution in [0.15, 0.2) is 29.3 Å². The molecule has 29 heavy (non-hydrogen) atoms. The number of benzene rings is 1. The summed E-state index contributed by atoms with van der Waals surface area (Å²) in [4.78, 5) is 34.7. The normalized spacial score (nSPS) is 22.4. The molecule has 1 unspecified atom stereocenters. The Morgan fingerprint density at radius 3 is 2.48 bits per heavy atom. The first-order chi connectivity index (χ1) is 13.7. The molecule has 0 aliphatic carbocycles. The van der Waals surface area contributed by atoms with Gasteiger partial charge in [-0.15, -0.1) is 0 Å². The molecule has 0 aromatic heterocycles. The van der Waals surface area contributed by atoms with Gasteiger partial charge >= 0.3 is 0 Å². The Kier molecular flexibility index (Phi) is 6.72. The van der Waals surface area contributed by atoms with Crippen molar-refractivity contribution in [2.45, 2.75) is 59.9 Å². The summed E-state index contributed by atoms with van der Waals surface area (Å²) in [6.07, 6.45) is 2.39. The van der Waals surface area contributed by atoms with Gasteiger partial charge in [0.2, 0.25) is 11.8 Å². The van der Waals surface area contributed by atoms with Crippen molar-refractivity contribution < 1.29 is 9.59 Å². The molecule has 0 spiro atoms. The zero-order chi connectivity index (χ0) is 21.2. The van der Waals surface area contributed by atoms with Crippen molar-refractivity contribution in [2.24, 2.45) is 16.3 Å². The highest BCUT2D eigenvalue weighted by atomic mass is 32.2. The molecule has 3 rings (SSSR count). The number of rotatable bonds is 3. The van der Waals surface area contributed by atoms with Gasteiger partial charge in [-0.05, 0) is 43.9 Å². The minimum atomic E-state index is -0.372. The molecule has 1 aromatic rings. The first kappa shape index (κ1) is 21.9. The van der Waals surface area contributed by atoms with Crippen LogP contribution in [0.4, 0.5) is 5.69 Å². The largest absolute Gasteiger partial charge is 0.342 e. The van der Waals surface area contributed by atoms with Gasteiger partial charge in [-0.1, -0.05) is 51.6 Å². The summed E-state index contributed by atoms with van der Waals surface area (Å²) in [5.41, 5.74) is 1.69. The van der Waals surface area contributed by atoms with Crippen LogP contribution in [0.1, 0.15) is 52.5 Å². The van der Waals surface area contributed by atoms with Crippen molar-refractivity contribution >= 4 is 34.4 Å². The van der Waals surface area contributed by atoms with Crippen LogP contribution in [0.25, 0.3) is 0 Å². The molecule has 2 heterocycles. The van der Waals surface area contributed by atoms with Gasteiger partial charge in [0.1, 0.15) is 0 Å².